The highest BCUT2D eigenvalue weighted by Gasteiger charge is 2.24. The summed E-state index contributed by atoms with van der Waals surface area (Å²) in [5, 5.41) is 0. The van der Waals surface area contributed by atoms with Crippen LogP contribution in [0.4, 0.5) is 0 Å². The normalized spacial score (nSPS) is 21.1. The Hall–Kier alpha value is -1.08. The molecule has 0 atom stereocenters. The lowest BCUT2D eigenvalue weighted by Crippen LogP contribution is -2.18. The van der Waals surface area contributed by atoms with Crippen LogP contribution < -0.4 is 0 Å². The van der Waals surface area contributed by atoms with Gasteiger partial charge < -0.3 is 0 Å². The van der Waals surface area contributed by atoms with E-state index in [4.69, 9.17) is 0 Å². The first-order chi connectivity index (χ1) is 7.42. The topological polar surface area (TPSA) is 3.24 Å². The Labute approximate surface area is 91.4 Å². The lowest BCUT2D eigenvalue weighted by Gasteiger charge is -2.13. The molecule has 1 aromatic rings. The first kappa shape index (κ1) is 9.17. The van der Waals surface area contributed by atoms with Gasteiger partial charge in [-0.2, -0.15) is 0 Å². The van der Waals surface area contributed by atoms with E-state index in [1.165, 1.54) is 37.9 Å². The standard InChI is InChI=1S/C14H17N/c1-2-4-12(5-3-1)10-15-9-8-14(11-15)13-6-7-13/h1-5H,6-11H2. The van der Waals surface area contributed by atoms with Crippen molar-refractivity contribution < 1.29 is 0 Å². The van der Waals surface area contributed by atoms with Crippen molar-refractivity contribution in [2.45, 2.75) is 25.8 Å². The van der Waals surface area contributed by atoms with Crippen LogP contribution in [0.3, 0.4) is 0 Å². The molecule has 1 saturated carbocycles. The molecule has 3 rings (SSSR count). The molecule has 0 N–H and O–H groups in total. The zero-order chi connectivity index (χ0) is 10.1. The average Bonchev–Trinajstić information content (AvgIpc) is 3.02. The molecule has 0 unspecified atom stereocenters. The second-order valence-corrected chi connectivity index (χ2v) is 4.65. The third kappa shape index (κ3) is 2.13. The lowest BCUT2D eigenvalue weighted by atomic mass is 10.2. The van der Waals surface area contributed by atoms with Crippen LogP contribution in [0, 0.1) is 0 Å². The van der Waals surface area contributed by atoms with Crippen molar-refractivity contribution in [3.63, 3.8) is 0 Å². The summed E-state index contributed by atoms with van der Waals surface area (Å²) in [7, 11) is 0. The molecule has 0 amide bonds. The molecule has 78 valence electrons. The molecule has 1 aliphatic carbocycles. The number of allylic oxidation sites excluding steroid dienone is 1. The van der Waals surface area contributed by atoms with Crippen molar-refractivity contribution in [3.05, 3.63) is 47.0 Å². The molecular formula is C14H17N. The molecule has 1 aromatic carbocycles. The number of hydrogen-bond acceptors (Lipinski definition) is 1. The highest BCUT2D eigenvalue weighted by atomic mass is 15.1. The number of hydrogen-bond donors (Lipinski definition) is 0. The van der Waals surface area contributed by atoms with Crippen LogP contribution in [0.15, 0.2) is 41.5 Å². The summed E-state index contributed by atoms with van der Waals surface area (Å²) in [6.07, 6.45) is 4.09. The molecule has 1 saturated heterocycles. The van der Waals surface area contributed by atoms with E-state index in [9.17, 15) is 0 Å². The minimum Gasteiger partial charge on any atom is -0.295 e. The molecule has 1 heterocycles. The molecule has 0 spiro atoms. The van der Waals surface area contributed by atoms with E-state index in [0.29, 0.717) is 0 Å². The van der Waals surface area contributed by atoms with E-state index < -0.39 is 0 Å². The number of rotatable bonds is 2. The molecule has 15 heavy (non-hydrogen) atoms. The van der Waals surface area contributed by atoms with E-state index in [-0.39, 0.29) is 0 Å². The average molecular weight is 199 g/mol. The van der Waals surface area contributed by atoms with E-state index in [2.05, 4.69) is 35.2 Å². The summed E-state index contributed by atoms with van der Waals surface area (Å²) in [4.78, 5) is 2.57. The fourth-order valence-corrected chi connectivity index (χ4v) is 2.40. The van der Waals surface area contributed by atoms with Gasteiger partial charge in [-0.3, -0.25) is 4.90 Å². The largest absolute Gasteiger partial charge is 0.295 e. The van der Waals surface area contributed by atoms with Crippen LogP contribution in [0.1, 0.15) is 24.8 Å². The Kier molecular flexibility index (Phi) is 2.34. The van der Waals surface area contributed by atoms with Gasteiger partial charge in [0.15, 0.2) is 0 Å². The second kappa shape index (κ2) is 3.82. The highest BCUT2D eigenvalue weighted by Crippen LogP contribution is 2.35. The smallest absolute Gasteiger partial charge is 0.0237 e. The monoisotopic (exact) mass is 199 g/mol. The third-order valence-electron chi connectivity index (χ3n) is 3.39. The Balaban J connectivity index is 1.64. The Bertz CT molecular complexity index is 372. The number of nitrogens with zero attached hydrogens (tertiary/aromatic N) is 1. The lowest BCUT2D eigenvalue weighted by molar-refractivity contribution is 0.337. The Morgan fingerprint density at radius 2 is 1.73 bits per heavy atom. The van der Waals surface area contributed by atoms with E-state index in [0.717, 1.165) is 6.54 Å². The maximum atomic E-state index is 2.57. The summed E-state index contributed by atoms with van der Waals surface area (Å²) in [6, 6.07) is 10.8. The summed E-state index contributed by atoms with van der Waals surface area (Å²) < 4.78 is 0. The van der Waals surface area contributed by atoms with Crippen molar-refractivity contribution in [3.8, 4) is 0 Å². The minimum atomic E-state index is 1.12. The van der Waals surface area contributed by atoms with Crippen LogP contribution in [-0.4, -0.2) is 18.0 Å². The zero-order valence-electron chi connectivity index (χ0n) is 9.08. The molecule has 0 aromatic heterocycles. The summed E-state index contributed by atoms with van der Waals surface area (Å²) >= 11 is 0. The summed E-state index contributed by atoms with van der Waals surface area (Å²) in [5.41, 5.74) is 4.94. The third-order valence-corrected chi connectivity index (χ3v) is 3.39. The van der Waals surface area contributed by atoms with Gasteiger partial charge in [-0.15, -0.1) is 0 Å². The van der Waals surface area contributed by atoms with Crippen molar-refractivity contribution >= 4 is 0 Å². The van der Waals surface area contributed by atoms with E-state index >= 15 is 0 Å². The van der Waals surface area contributed by atoms with Crippen molar-refractivity contribution in [2.75, 3.05) is 13.1 Å². The fourth-order valence-electron chi connectivity index (χ4n) is 2.40. The van der Waals surface area contributed by atoms with Crippen LogP contribution in [0.5, 0.6) is 0 Å². The molecular weight excluding hydrogens is 182 g/mol. The van der Waals surface area contributed by atoms with Crippen LogP contribution in [-0.2, 0) is 6.54 Å². The second-order valence-electron chi connectivity index (χ2n) is 4.65. The first-order valence-electron chi connectivity index (χ1n) is 5.88. The maximum Gasteiger partial charge on any atom is 0.0237 e. The summed E-state index contributed by atoms with van der Waals surface area (Å²) in [6.45, 7) is 3.61. The molecule has 2 fully saturated rings. The fraction of sp³-hybridized carbons (Fsp3) is 0.429. The van der Waals surface area contributed by atoms with Gasteiger partial charge in [0.25, 0.3) is 0 Å². The summed E-state index contributed by atoms with van der Waals surface area (Å²) in [5.74, 6) is 0. The highest BCUT2D eigenvalue weighted by molar-refractivity contribution is 5.28. The SMILES string of the molecule is c1ccc(CN2CCC(=C3CC3)C2)cc1. The van der Waals surface area contributed by atoms with Gasteiger partial charge in [-0.25, -0.2) is 0 Å². The zero-order valence-corrected chi connectivity index (χ0v) is 9.08. The Morgan fingerprint density at radius 3 is 2.47 bits per heavy atom. The van der Waals surface area contributed by atoms with Gasteiger partial charge in [0.1, 0.15) is 0 Å². The number of likely N-dealkylation sites (tertiary alicyclic amines) is 1. The maximum absolute atomic E-state index is 2.57. The minimum absolute atomic E-state index is 1.12. The molecule has 0 bridgehead atoms. The molecule has 1 aliphatic heterocycles. The van der Waals surface area contributed by atoms with Crippen molar-refractivity contribution in [1.82, 2.24) is 4.90 Å². The molecule has 2 aliphatic rings. The van der Waals surface area contributed by atoms with Gasteiger partial charge >= 0.3 is 0 Å². The predicted molar refractivity (Wildman–Crippen MR) is 62.6 cm³/mol. The van der Waals surface area contributed by atoms with Crippen LogP contribution in [0.25, 0.3) is 0 Å². The van der Waals surface area contributed by atoms with Crippen LogP contribution in [0.2, 0.25) is 0 Å². The molecule has 1 heteroatoms. The Morgan fingerprint density at radius 1 is 0.933 bits per heavy atom. The van der Waals surface area contributed by atoms with Gasteiger partial charge in [0, 0.05) is 19.6 Å². The van der Waals surface area contributed by atoms with Gasteiger partial charge in [-0.1, -0.05) is 41.5 Å². The van der Waals surface area contributed by atoms with Crippen molar-refractivity contribution in [1.29, 1.82) is 0 Å². The quantitative estimate of drug-likeness (QED) is 0.662. The van der Waals surface area contributed by atoms with Gasteiger partial charge in [-0.05, 0) is 24.8 Å². The van der Waals surface area contributed by atoms with E-state index in [1.54, 1.807) is 11.1 Å². The van der Waals surface area contributed by atoms with Gasteiger partial charge in [0.2, 0.25) is 0 Å². The molecule has 1 nitrogen and oxygen atoms in total. The molecule has 0 radical (unpaired) electrons. The predicted octanol–water partition coefficient (Wildman–Crippen LogP) is 2.98. The van der Waals surface area contributed by atoms with Crippen molar-refractivity contribution in [2.24, 2.45) is 0 Å². The van der Waals surface area contributed by atoms with Crippen LogP contribution >= 0.6 is 0 Å². The first-order valence-corrected chi connectivity index (χ1v) is 5.88. The number of benzene rings is 1. The van der Waals surface area contributed by atoms with Gasteiger partial charge in [0.05, 0.1) is 0 Å². The van der Waals surface area contributed by atoms with E-state index in [1.807, 2.05) is 0 Å².